The molecule has 1 aromatic carbocycles. The van der Waals surface area contributed by atoms with Crippen LogP contribution in [0.1, 0.15) is 17.7 Å². The Kier molecular flexibility index (Phi) is 3.89. The predicted octanol–water partition coefficient (Wildman–Crippen LogP) is 4.76. The lowest BCUT2D eigenvalue weighted by atomic mass is 10.2. The molecule has 5 heteroatoms. The topological polar surface area (TPSA) is 0 Å². The molecule has 0 saturated heterocycles. The van der Waals surface area contributed by atoms with Gasteiger partial charge in [-0.1, -0.05) is 28.1 Å². The third kappa shape index (κ3) is 3.92. The number of rotatable bonds is 2. The number of alkyl halides is 3. The molecule has 0 bridgehead atoms. The number of benzene rings is 1. The van der Waals surface area contributed by atoms with Crippen LogP contribution >= 0.6 is 27.7 Å². The highest BCUT2D eigenvalue weighted by Gasteiger charge is 2.31. The van der Waals surface area contributed by atoms with E-state index >= 15 is 0 Å². The SMILES string of the molecule is CC(SC(F)(F)F)c1cccc(Br)c1. The van der Waals surface area contributed by atoms with Gasteiger partial charge in [0.1, 0.15) is 0 Å². The summed E-state index contributed by atoms with van der Waals surface area (Å²) in [6, 6.07) is 6.90. The summed E-state index contributed by atoms with van der Waals surface area (Å²) in [6.45, 7) is 1.54. The third-order valence-corrected chi connectivity index (χ3v) is 3.01. The van der Waals surface area contributed by atoms with E-state index in [2.05, 4.69) is 15.9 Å². The van der Waals surface area contributed by atoms with E-state index in [1.165, 1.54) is 0 Å². The summed E-state index contributed by atoms with van der Waals surface area (Å²) in [4.78, 5) is 0. The molecule has 0 N–H and O–H groups in total. The third-order valence-electron chi connectivity index (χ3n) is 1.63. The van der Waals surface area contributed by atoms with Crippen molar-refractivity contribution < 1.29 is 13.2 Å². The Bertz CT molecular complexity index is 311. The normalized spacial score (nSPS) is 14.1. The van der Waals surface area contributed by atoms with Crippen molar-refractivity contribution in [2.24, 2.45) is 0 Å². The van der Waals surface area contributed by atoms with E-state index in [9.17, 15) is 13.2 Å². The Labute approximate surface area is 93.0 Å². The molecule has 0 aliphatic heterocycles. The van der Waals surface area contributed by atoms with Gasteiger partial charge in [0.25, 0.3) is 0 Å². The lowest BCUT2D eigenvalue weighted by Crippen LogP contribution is -2.03. The first-order valence-electron chi connectivity index (χ1n) is 3.88. The summed E-state index contributed by atoms with van der Waals surface area (Å²) < 4.78 is 36.9. The van der Waals surface area contributed by atoms with Crippen molar-refractivity contribution in [3.05, 3.63) is 34.3 Å². The van der Waals surface area contributed by atoms with Gasteiger partial charge in [0.2, 0.25) is 0 Å². The summed E-state index contributed by atoms with van der Waals surface area (Å²) in [5.41, 5.74) is -3.51. The van der Waals surface area contributed by atoms with Gasteiger partial charge in [-0.25, -0.2) is 0 Å². The van der Waals surface area contributed by atoms with Gasteiger partial charge >= 0.3 is 5.51 Å². The number of hydrogen-bond donors (Lipinski definition) is 0. The summed E-state index contributed by atoms with van der Waals surface area (Å²) in [5, 5.41) is -0.576. The van der Waals surface area contributed by atoms with E-state index in [4.69, 9.17) is 0 Å². The molecule has 0 saturated carbocycles. The van der Waals surface area contributed by atoms with E-state index < -0.39 is 10.8 Å². The van der Waals surface area contributed by atoms with Crippen LogP contribution < -0.4 is 0 Å². The first-order valence-corrected chi connectivity index (χ1v) is 5.56. The van der Waals surface area contributed by atoms with Gasteiger partial charge in [-0.05, 0) is 36.4 Å². The van der Waals surface area contributed by atoms with Crippen LogP contribution in [0.4, 0.5) is 13.2 Å². The van der Waals surface area contributed by atoms with Crippen molar-refractivity contribution in [2.75, 3.05) is 0 Å². The average molecular weight is 285 g/mol. The minimum Gasteiger partial charge on any atom is -0.160 e. The standard InChI is InChI=1S/C9H8BrF3S/c1-6(14-9(11,12)13)7-3-2-4-8(10)5-7/h2-6H,1H3. The Hall–Kier alpha value is -0.160. The molecule has 0 spiro atoms. The van der Waals surface area contributed by atoms with E-state index in [1.54, 1.807) is 31.2 Å². The minimum absolute atomic E-state index is 0.00231. The predicted molar refractivity (Wildman–Crippen MR) is 56.2 cm³/mol. The van der Waals surface area contributed by atoms with E-state index in [0.717, 1.165) is 4.47 Å². The Balaban J connectivity index is 2.74. The zero-order valence-electron chi connectivity index (χ0n) is 7.31. The molecular weight excluding hydrogens is 277 g/mol. The minimum atomic E-state index is -4.18. The van der Waals surface area contributed by atoms with Crippen molar-refractivity contribution in [1.82, 2.24) is 0 Å². The summed E-state index contributed by atoms with van der Waals surface area (Å²) >= 11 is 3.22. The maximum Gasteiger partial charge on any atom is 0.442 e. The largest absolute Gasteiger partial charge is 0.442 e. The van der Waals surface area contributed by atoms with E-state index in [1.807, 2.05) is 0 Å². The highest BCUT2D eigenvalue weighted by atomic mass is 79.9. The second kappa shape index (κ2) is 4.57. The molecule has 1 unspecified atom stereocenters. The van der Waals surface area contributed by atoms with Crippen LogP contribution in [0.15, 0.2) is 28.7 Å². The van der Waals surface area contributed by atoms with Gasteiger partial charge in [-0.15, -0.1) is 0 Å². The van der Waals surface area contributed by atoms with E-state index in [-0.39, 0.29) is 11.8 Å². The molecule has 1 atom stereocenters. The molecule has 14 heavy (non-hydrogen) atoms. The van der Waals surface area contributed by atoms with Crippen LogP contribution in [0.2, 0.25) is 0 Å². The Morgan fingerprint density at radius 2 is 2.00 bits per heavy atom. The van der Waals surface area contributed by atoms with Crippen LogP contribution in [0.25, 0.3) is 0 Å². The van der Waals surface area contributed by atoms with Crippen molar-refractivity contribution in [3.63, 3.8) is 0 Å². The zero-order chi connectivity index (χ0) is 10.8. The zero-order valence-corrected chi connectivity index (χ0v) is 9.71. The van der Waals surface area contributed by atoms with Crippen molar-refractivity contribution in [1.29, 1.82) is 0 Å². The molecule has 0 fully saturated rings. The first kappa shape index (κ1) is 11.9. The maximum absolute atomic E-state index is 12.0. The number of thioether (sulfide) groups is 1. The van der Waals surface area contributed by atoms with E-state index in [0.29, 0.717) is 5.56 Å². The van der Waals surface area contributed by atoms with Gasteiger partial charge in [0.15, 0.2) is 0 Å². The van der Waals surface area contributed by atoms with Gasteiger partial charge < -0.3 is 0 Å². The molecule has 0 heterocycles. The van der Waals surface area contributed by atoms with Gasteiger partial charge in [-0.3, -0.25) is 0 Å². The van der Waals surface area contributed by atoms with Crippen molar-refractivity contribution in [2.45, 2.75) is 17.7 Å². The Morgan fingerprint density at radius 3 is 2.50 bits per heavy atom. The molecule has 1 rings (SSSR count). The fraction of sp³-hybridized carbons (Fsp3) is 0.333. The fourth-order valence-electron chi connectivity index (χ4n) is 1.03. The molecule has 0 aliphatic carbocycles. The highest BCUT2D eigenvalue weighted by Crippen LogP contribution is 2.41. The molecule has 0 aromatic heterocycles. The summed E-state index contributed by atoms with van der Waals surface area (Å²) in [5.74, 6) is 0. The molecule has 0 nitrogen and oxygen atoms in total. The average Bonchev–Trinajstić information content (AvgIpc) is 2.01. The lowest BCUT2D eigenvalue weighted by Gasteiger charge is -2.13. The second-order valence-corrected chi connectivity index (χ2v) is 5.08. The lowest BCUT2D eigenvalue weighted by molar-refractivity contribution is -0.0333. The van der Waals surface area contributed by atoms with Crippen LogP contribution in [0.5, 0.6) is 0 Å². The number of halogens is 4. The van der Waals surface area contributed by atoms with Crippen LogP contribution in [0, 0.1) is 0 Å². The molecule has 1 aromatic rings. The van der Waals surface area contributed by atoms with Crippen LogP contribution in [0.3, 0.4) is 0 Å². The Morgan fingerprint density at radius 1 is 1.36 bits per heavy atom. The fourth-order valence-corrected chi connectivity index (χ4v) is 2.13. The highest BCUT2D eigenvalue weighted by molar-refractivity contribution is 9.10. The molecule has 0 radical (unpaired) electrons. The van der Waals surface area contributed by atoms with Gasteiger partial charge in [0, 0.05) is 9.72 Å². The molecular formula is C9H8BrF3S. The van der Waals surface area contributed by atoms with Crippen LogP contribution in [-0.4, -0.2) is 5.51 Å². The van der Waals surface area contributed by atoms with Crippen molar-refractivity contribution in [3.8, 4) is 0 Å². The maximum atomic E-state index is 12.0. The summed E-state index contributed by atoms with van der Waals surface area (Å²) in [6.07, 6.45) is 0. The smallest absolute Gasteiger partial charge is 0.160 e. The first-order chi connectivity index (χ1) is 6.38. The monoisotopic (exact) mass is 284 g/mol. The quantitative estimate of drug-likeness (QED) is 0.754. The molecule has 0 amide bonds. The van der Waals surface area contributed by atoms with Gasteiger partial charge in [-0.2, -0.15) is 13.2 Å². The van der Waals surface area contributed by atoms with Crippen LogP contribution in [-0.2, 0) is 0 Å². The molecule has 0 aliphatic rings. The number of hydrogen-bond acceptors (Lipinski definition) is 1. The second-order valence-electron chi connectivity index (χ2n) is 2.76. The van der Waals surface area contributed by atoms with Gasteiger partial charge in [0.05, 0.1) is 0 Å². The summed E-state index contributed by atoms with van der Waals surface area (Å²) in [7, 11) is 0. The molecule has 78 valence electrons. The van der Waals surface area contributed by atoms with Crippen molar-refractivity contribution >= 4 is 27.7 Å².